The van der Waals surface area contributed by atoms with Crippen LogP contribution in [0.2, 0.25) is 0 Å². The highest BCUT2D eigenvalue weighted by molar-refractivity contribution is 5.97. The van der Waals surface area contributed by atoms with Crippen molar-refractivity contribution in [3.05, 3.63) is 59.2 Å². The summed E-state index contributed by atoms with van der Waals surface area (Å²) in [5, 5.41) is 7.92. The van der Waals surface area contributed by atoms with Crippen LogP contribution in [0.4, 0.5) is 0 Å². The summed E-state index contributed by atoms with van der Waals surface area (Å²) in [4.78, 5) is 26.1. The van der Waals surface area contributed by atoms with Gasteiger partial charge in [-0.15, -0.1) is 10.2 Å². The molecule has 1 aromatic carbocycles. The summed E-state index contributed by atoms with van der Waals surface area (Å²) in [6.45, 7) is 5.05. The van der Waals surface area contributed by atoms with Crippen LogP contribution in [-0.2, 0) is 4.74 Å². The lowest BCUT2D eigenvalue weighted by atomic mass is 10.1. The molecule has 2 aromatic heterocycles. The molecule has 7 heteroatoms. The van der Waals surface area contributed by atoms with E-state index in [4.69, 9.17) is 9.15 Å². The fourth-order valence-electron chi connectivity index (χ4n) is 2.20. The zero-order chi connectivity index (χ0) is 18.0. The molecule has 0 bridgehead atoms. The normalized spacial score (nSPS) is 12.0. The number of nitrogens with zero attached hydrogens (tertiary/aromatic N) is 2. The first-order valence-corrected chi connectivity index (χ1v) is 7.75. The number of carbonyl (C=O) groups is 2. The first-order valence-electron chi connectivity index (χ1n) is 7.75. The largest absolute Gasteiger partial charge is 0.448 e. The molecule has 1 atom stereocenters. The zero-order valence-corrected chi connectivity index (χ0v) is 14.1. The number of benzene rings is 1. The van der Waals surface area contributed by atoms with E-state index >= 15 is 0 Å². The van der Waals surface area contributed by atoms with Crippen LogP contribution in [0.3, 0.4) is 0 Å². The molecule has 3 aromatic rings. The van der Waals surface area contributed by atoms with E-state index in [-0.39, 0.29) is 17.4 Å². The van der Waals surface area contributed by atoms with Crippen molar-refractivity contribution in [3.63, 3.8) is 0 Å². The number of Topliss-reactive ketones (excluding diaryl/α,β-unsaturated/α-hetero) is 1. The predicted octanol–water partition coefficient (Wildman–Crippen LogP) is 3.49. The van der Waals surface area contributed by atoms with Crippen LogP contribution in [0.25, 0.3) is 11.5 Å². The van der Waals surface area contributed by atoms with Gasteiger partial charge in [0.1, 0.15) is 5.69 Å². The van der Waals surface area contributed by atoms with Crippen LogP contribution in [0.5, 0.6) is 0 Å². The van der Waals surface area contributed by atoms with E-state index < -0.39 is 12.1 Å². The van der Waals surface area contributed by atoms with Crippen LogP contribution >= 0.6 is 0 Å². The average Bonchev–Trinajstić information content (AvgIpc) is 3.25. The Kier molecular flexibility index (Phi) is 4.47. The second-order valence-electron chi connectivity index (χ2n) is 5.72. The molecule has 0 spiro atoms. The van der Waals surface area contributed by atoms with Gasteiger partial charge in [-0.25, -0.2) is 4.79 Å². The number of aryl methyl sites for hydroxylation is 1. The quantitative estimate of drug-likeness (QED) is 0.564. The smallest absolute Gasteiger partial charge is 0.355 e. The van der Waals surface area contributed by atoms with Crippen LogP contribution in [0.15, 0.2) is 40.9 Å². The minimum atomic E-state index is -0.719. The summed E-state index contributed by atoms with van der Waals surface area (Å²) in [7, 11) is 0. The number of hydrogen-bond acceptors (Lipinski definition) is 6. The van der Waals surface area contributed by atoms with Crippen molar-refractivity contribution < 1.29 is 18.7 Å². The van der Waals surface area contributed by atoms with Gasteiger partial charge in [0.2, 0.25) is 5.89 Å². The lowest BCUT2D eigenvalue weighted by Crippen LogP contribution is -2.10. The number of nitrogens with one attached hydrogen (secondary N) is 1. The van der Waals surface area contributed by atoms with Crippen molar-refractivity contribution >= 4 is 11.8 Å². The molecule has 128 valence electrons. The Labute approximate surface area is 144 Å². The molecular formula is C18H17N3O4. The Hall–Kier alpha value is -3.22. The number of aromatic amines is 1. The minimum absolute atomic E-state index is 0.136. The van der Waals surface area contributed by atoms with Crippen molar-refractivity contribution in [3.8, 4) is 11.5 Å². The number of rotatable bonds is 5. The van der Waals surface area contributed by atoms with Gasteiger partial charge in [0.25, 0.3) is 5.89 Å². The fraction of sp³-hybridized carbons (Fsp3) is 0.222. The topological polar surface area (TPSA) is 98.1 Å². The molecule has 0 saturated heterocycles. The maximum absolute atomic E-state index is 12.1. The standard InChI is InChI=1S/C18H17N3O4/c1-10-4-6-13(7-5-10)17-21-20-16(25-17)12(3)24-18(23)15-8-14(9-19-15)11(2)22/h4-9,12,19H,1-3H3. The van der Waals surface area contributed by atoms with E-state index in [1.54, 1.807) is 6.92 Å². The molecule has 0 aliphatic heterocycles. The molecule has 3 rings (SSSR count). The summed E-state index contributed by atoms with van der Waals surface area (Å²) >= 11 is 0. The Morgan fingerprint density at radius 3 is 2.56 bits per heavy atom. The lowest BCUT2D eigenvalue weighted by molar-refractivity contribution is 0.0273. The Morgan fingerprint density at radius 1 is 1.20 bits per heavy atom. The molecule has 0 aliphatic rings. The molecule has 0 aliphatic carbocycles. The third-order valence-electron chi connectivity index (χ3n) is 3.68. The highest BCUT2D eigenvalue weighted by atomic mass is 16.6. The van der Waals surface area contributed by atoms with Crippen molar-refractivity contribution in [1.29, 1.82) is 0 Å². The van der Waals surface area contributed by atoms with Gasteiger partial charge in [0, 0.05) is 17.3 Å². The molecule has 7 nitrogen and oxygen atoms in total. The Morgan fingerprint density at radius 2 is 1.92 bits per heavy atom. The highest BCUT2D eigenvalue weighted by Gasteiger charge is 2.21. The van der Waals surface area contributed by atoms with Gasteiger partial charge in [-0.05, 0) is 39.0 Å². The third-order valence-corrected chi connectivity index (χ3v) is 3.68. The van der Waals surface area contributed by atoms with E-state index in [9.17, 15) is 9.59 Å². The summed E-state index contributed by atoms with van der Waals surface area (Å²) in [6, 6.07) is 9.10. The molecule has 0 saturated carbocycles. The fourth-order valence-corrected chi connectivity index (χ4v) is 2.20. The monoisotopic (exact) mass is 339 g/mol. The van der Waals surface area contributed by atoms with Gasteiger partial charge in [0.05, 0.1) is 0 Å². The summed E-state index contributed by atoms with van der Waals surface area (Å²) < 4.78 is 10.9. The first-order chi connectivity index (χ1) is 11.9. The van der Waals surface area contributed by atoms with Gasteiger partial charge < -0.3 is 14.1 Å². The van der Waals surface area contributed by atoms with E-state index in [2.05, 4.69) is 15.2 Å². The lowest BCUT2D eigenvalue weighted by Gasteiger charge is -2.08. The molecule has 0 amide bonds. The first kappa shape index (κ1) is 16.6. The maximum atomic E-state index is 12.1. The van der Waals surface area contributed by atoms with Crippen molar-refractivity contribution in [1.82, 2.24) is 15.2 Å². The van der Waals surface area contributed by atoms with Crippen LogP contribution in [0.1, 0.15) is 52.3 Å². The molecule has 0 radical (unpaired) electrons. The van der Waals surface area contributed by atoms with Crippen molar-refractivity contribution in [2.75, 3.05) is 0 Å². The number of carbonyl (C=O) groups excluding carboxylic acids is 2. The highest BCUT2D eigenvalue weighted by Crippen LogP contribution is 2.23. The summed E-state index contributed by atoms with van der Waals surface area (Å²) in [5.41, 5.74) is 2.52. The second kappa shape index (κ2) is 6.72. The van der Waals surface area contributed by atoms with Gasteiger partial charge in [-0.1, -0.05) is 17.7 Å². The van der Waals surface area contributed by atoms with Crippen LogP contribution in [0, 0.1) is 6.92 Å². The zero-order valence-electron chi connectivity index (χ0n) is 14.1. The van der Waals surface area contributed by atoms with E-state index in [1.807, 2.05) is 31.2 Å². The van der Waals surface area contributed by atoms with E-state index in [0.29, 0.717) is 11.5 Å². The molecular weight excluding hydrogens is 322 g/mol. The summed E-state index contributed by atoms with van der Waals surface area (Å²) in [6.07, 6.45) is 0.745. The molecule has 2 heterocycles. The van der Waals surface area contributed by atoms with E-state index in [1.165, 1.54) is 19.2 Å². The van der Waals surface area contributed by atoms with Crippen molar-refractivity contribution in [2.24, 2.45) is 0 Å². The van der Waals surface area contributed by atoms with Gasteiger partial charge in [-0.2, -0.15) is 0 Å². The van der Waals surface area contributed by atoms with Gasteiger partial charge in [-0.3, -0.25) is 4.79 Å². The number of esters is 1. The molecule has 1 N–H and O–H groups in total. The Balaban J connectivity index is 1.70. The molecule has 0 fully saturated rings. The maximum Gasteiger partial charge on any atom is 0.355 e. The van der Waals surface area contributed by atoms with E-state index in [0.717, 1.165) is 11.1 Å². The summed E-state index contributed by atoms with van der Waals surface area (Å²) in [5.74, 6) is -0.183. The van der Waals surface area contributed by atoms with Crippen molar-refractivity contribution in [2.45, 2.75) is 26.9 Å². The number of hydrogen-bond donors (Lipinski definition) is 1. The Bertz CT molecular complexity index is 909. The van der Waals surface area contributed by atoms with Crippen LogP contribution in [-0.4, -0.2) is 26.9 Å². The number of ether oxygens (including phenoxy) is 1. The number of ketones is 1. The molecule has 1 unspecified atom stereocenters. The SMILES string of the molecule is CC(=O)c1c[nH]c(C(=O)OC(C)c2nnc(-c3ccc(C)cc3)o2)c1. The number of H-pyrrole nitrogens is 1. The van der Waals surface area contributed by atoms with Gasteiger partial charge >= 0.3 is 5.97 Å². The van der Waals surface area contributed by atoms with Gasteiger partial charge in [0.15, 0.2) is 11.9 Å². The number of aromatic nitrogens is 3. The minimum Gasteiger partial charge on any atom is -0.448 e. The molecule has 25 heavy (non-hydrogen) atoms. The van der Waals surface area contributed by atoms with Crippen LogP contribution < -0.4 is 0 Å². The third kappa shape index (κ3) is 3.65. The predicted molar refractivity (Wildman–Crippen MR) is 89.1 cm³/mol. The average molecular weight is 339 g/mol. The second-order valence-corrected chi connectivity index (χ2v) is 5.72.